The van der Waals surface area contributed by atoms with E-state index in [9.17, 15) is 14.0 Å². The third-order valence-corrected chi connectivity index (χ3v) is 8.02. The number of hydrogen-bond donors (Lipinski definition) is 4. The van der Waals surface area contributed by atoms with E-state index in [0.717, 1.165) is 82.9 Å². The van der Waals surface area contributed by atoms with Crippen LogP contribution >= 0.6 is 0 Å². The lowest BCUT2D eigenvalue weighted by molar-refractivity contribution is 0.0731. The number of unbranched alkanes of at least 4 members (excludes halogenated alkanes) is 1. The number of alkyl carbamates (subject to hydrolysis) is 1. The first-order valence-corrected chi connectivity index (χ1v) is 15.4. The molecule has 13 heteroatoms. The van der Waals surface area contributed by atoms with Crippen molar-refractivity contribution in [3.8, 4) is 0 Å². The average Bonchev–Trinajstić information content (AvgIpc) is 3.72. The monoisotopic (exact) mass is 595 g/mol. The highest BCUT2D eigenvalue weighted by atomic mass is 19.1. The molecule has 3 heterocycles. The summed E-state index contributed by atoms with van der Waals surface area (Å²) in [6.45, 7) is 8.07. The lowest BCUT2D eigenvalue weighted by atomic mass is 9.93. The van der Waals surface area contributed by atoms with Gasteiger partial charge < -0.3 is 30.9 Å². The highest BCUT2D eigenvalue weighted by Gasteiger charge is 2.27. The summed E-state index contributed by atoms with van der Waals surface area (Å²) in [5.74, 6) is -0.553. The Kier molecular flexibility index (Phi) is 10.2. The van der Waals surface area contributed by atoms with Crippen molar-refractivity contribution in [2.24, 2.45) is 0 Å². The summed E-state index contributed by atoms with van der Waals surface area (Å²) in [6, 6.07) is 3.81. The molecule has 0 spiro atoms. The number of anilines is 3. The molecule has 0 aromatic carbocycles. The Morgan fingerprint density at radius 2 is 1.77 bits per heavy atom. The van der Waals surface area contributed by atoms with E-state index in [1.807, 2.05) is 6.07 Å². The summed E-state index contributed by atoms with van der Waals surface area (Å²) in [7, 11) is 0. The van der Waals surface area contributed by atoms with Gasteiger partial charge in [-0.15, -0.1) is 5.10 Å². The van der Waals surface area contributed by atoms with Gasteiger partial charge in [-0.25, -0.2) is 18.7 Å². The molecule has 2 amide bonds. The smallest absolute Gasteiger partial charge is 0.407 e. The maximum atomic E-state index is 14.1. The molecule has 3 aromatic rings. The van der Waals surface area contributed by atoms with E-state index < -0.39 is 11.7 Å². The molecule has 5 rings (SSSR count). The van der Waals surface area contributed by atoms with Crippen LogP contribution < -0.4 is 21.3 Å². The lowest BCUT2D eigenvalue weighted by Crippen LogP contribution is -2.35. The largest absolute Gasteiger partial charge is 0.446 e. The zero-order valence-corrected chi connectivity index (χ0v) is 24.9. The third kappa shape index (κ3) is 8.31. The molecular formula is C30H42FN9O3. The fraction of sp³-hybridized carbons (Fsp3) is 0.567. The van der Waals surface area contributed by atoms with Gasteiger partial charge in [0.2, 0.25) is 0 Å². The van der Waals surface area contributed by atoms with Crippen LogP contribution in [-0.2, 0) is 4.74 Å². The van der Waals surface area contributed by atoms with Crippen molar-refractivity contribution in [2.45, 2.75) is 83.4 Å². The Morgan fingerprint density at radius 1 is 1.02 bits per heavy atom. The van der Waals surface area contributed by atoms with Gasteiger partial charge in [-0.05, 0) is 77.1 Å². The number of fused-ring (bicyclic) bond motifs is 1. The first-order chi connectivity index (χ1) is 20.9. The third-order valence-electron chi connectivity index (χ3n) is 8.02. The molecule has 12 nitrogen and oxygen atoms in total. The molecule has 0 unspecified atom stereocenters. The van der Waals surface area contributed by atoms with Gasteiger partial charge in [0, 0.05) is 30.9 Å². The number of halogens is 1. The van der Waals surface area contributed by atoms with E-state index in [1.54, 1.807) is 0 Å². The number of imidazole rings is 1. The molecule has 2 fully saturated rings. The molecule has 4 N–H and O–H groups in total. The van der Waals surface area contributed by atoms with Gasteiger partial charge in [0.05, 0.1) is 23.8 Å². The van der Waals surface area contributed by atoms with Crippen molar-refractivity contribution in [3.05, 3.63) is 42.2 Å². The minimum absolute atomic E-state index is 0.0310. The zero-order chi connectivity index (χ0) is 30.2. The maximum Gasteiger partial charge on any atom is 0.407 e. The number of nitrogens with one attached hydrogen (secondary N) is 4. The molecule has 2 aliphatic carbocycles. The van der Waals surface area contributed by atoms with Gasteiger partial charge in [-0.1, -0.05) is 13.8 Å². The topological polar surface area (TPSA) is 138 Å². The fourth-order valence-corrected chi connectivity index (χ4v) is 5.33. The first kappa shape index (κ1) is 30.5. The van der Waals surface area contributed by atoms with Gasteiger partial charge in [-0.3, -0.25) is 9.78 Å². The number of rotatable bonds is 14. The molecule has 43 heavy (non-hydrogen) atoms. The van der Waals surface area contributed by atoms with Crippen LogP contribution in [0.25, 0.3) is 5.65 Å². The number of amides is 2. The normalized spacial score (nSPS) is 18.4. The SMILES string of the molecule is CCN(CC)CCCCNC(=O)OC1CCC(Nc2cc(NC3CC3)c3ncc(C(=O)Nc4ccncc4F)n3n2)CC1. The highest BCUT2D eigenvalue weighted by molar-refractivity contribution is 6.03. The molecule has 0 bridgehead atoms. The van der Waals surface area contributed by atoms with Crippen LogP contribution in [0.5, 0.6) is 0 Å². The second-order valence-corrected chi connectivity index (χ2v) is 11.2. The summed E-state index contributed by atoms with van der Waals surface area (Å²) >= 11 is 0. The number of aromatic nitrogens is 4. The second kappa shape index (κ2) is 14.5. The number of ether oxygens (including phenoxy) is 1. The summed E-state index contributed by atoms with van der Waals surface area (Å²) in [4.78, 5) is 35.9. The molecular weight excluding hydrogens is 553 g/mol. The van der Waals surface area contributed by atoms with E-state index in [2.05, 4.69) is 55.1 Å². The van der Waals surface area contributed by atoms with Crippen LogP contribution in [0.1, 0.15) is 75.7 Å². The predicted octanol–water partition coefficient (Wildman–Crippen LogP) is 4.66. The Bertz CT molecular complexity index is 1380. The van der Waals surface area contributed by atoms with Crippen molar-refractivity contribution in [1.29, 1.82) is 0 Å². The van der Waals surface area contributed by atoms with Crippen LogP contribution in [0, 0.1) is 5.82 Å². The molecule has 0 aliphatic heterocycles. The van der Waals surface area contributed by atoms with Crippen LogP contribution in [0.4, 0.5) is 26.4 Å². The molecule has 2 saturated carbocycles. The first-order valence-electron chi connectivity index (χ1n) is 15.4. The molecule has 3 aromatic heterocycles. The van der Waals surface area contributed by atoms with Crippen molar-refractivity contribution in [3.63, 3.8) is 0 Å². The Hall–Kier alpha value is -4.00. The quantitative estimate of drug-likeness (QED) is 0.196. The van der Waals surface area contributed by atoms with Gasteiger partial charge in [-0.2, -0.15) is 0 Å². The number of hydrogen-bond acceptors (Lipinski definition) is 9. The van der Waals surface area contributed by atoms with Gasteiger partial charge in [0.1, 0.15) is 11.9 Å². The summed E-state index contributed by atoms with van der Waals surface area (Å²) in [6.07, 6.45) is 10.7. The number of nitrogens with zero attached hydrogens (tertiary/aromatic N) is 5. The number of carbonyl (C=O) groups is 2. The lowest BCUT2D eigenvalue weighted by Gasteiger charge is -2.29. The summed E-state index contributed by atoms with van der Waals surface area (Å²) < 4.78 is 21.3. The van der Waals surface area contributed by atoms with Crippen LogP contribution in [0.15, 0.2) is 30.7 Å². The van der Waals surface area contributed by atoms with Crippen molar-refractivity contribution in [1.82, 2.24) is 29.8 Å². The molecule has 0 atom stereocenters. The van der Waals surface area contributed by atoms with Crippen LogP contribution in [0.3, 0.4) is 0 Å². The predicted molar refractivity (Wildman–Crippen MR) is 163 cm³/mol. The van der Waals surface area contributed by atoms with E-state index >= 15 is 0 Å². The van der Waals surface area contributed by atoms with Crippen molar-refractivity contribution in [2.75, 3.05) is 42.1 Å². The van der Waals surface area contributed by atoms with Gasteiger partial charge in [0.25, 0.3) is 5.91 Å². The van der Waals surface area contributed by atoms with Gasteiger partial charge in [0.15, 0.2) is 17.2 Å². The Balaban J connectivity index is 1.15. The standard InChI is InChI=1S/C30H42FN9O3/c1-3-39(4-2)16-6-5-14-33-30(42)43-22-11-9-21(10-12-22)36-27-17-25(35-20-7-8-20)28-34-19-26(40(28)38-27)29(41)37-24-13-15-32-18-23(24)31/h13,15,17-22,35H,3-12,14,16H2,1-2H3,(H,33,42)(H,36,38)(H,32,37,41). The van der Waals surface area contributed by atoms with Crippen LogP contribution in [-0.4, -0.2) is 80.8 Å². The Labute approximate surface area is 251 Å². The number of pyridine rings is 1. The van der Waals surface area contributed by atoms with E-state index in [1.165, 1.54) is 23.0 Å². The van der Waals surface area contributed by atoms with Crippen molar-refractivity contribution < 1.29 is 18.7 Å². The van der Waals surface area contributed by atoms with E-state index in [-0.39, 0.29) is 29.6 Å². The van der Waals surface area contributed by atoms with Crippen molar-refractivity contribution >= 4 is 34.8 Å². The molecule has 0 saturated heterocycles. The minimum Gasteiger partial charge on any atom is -0.446 e. The van der Waals surface area contributed by atoms with Crippen LogP contribution in [0.2, 0.25) is 0 Å². The number of carbonyl (C=O) groups excluding carboxylic acids is 2. The van der Waals surface area contributed by atoms with E-state index in [4.69, 9.17) is 4.74 Å². The van der Waals surface area contributed by atoms with E-state index in [0.29, 0.717) is 24.1 Å². The minimum atomic E-state index is -0.626. The zero-order valence-electron chi connectivity index (χ0n) is 24.9. The molecule has 232 valence electrons. The summed E-state index contributed by atoms with van der Waals surface area (Å²) in [5, 5.41) is 17.1. The fourth-order valence-electron chi connectivity index (χ4n) is 5.33. The average molecular weight is 596 g/mol. The van der Waals surface area contributed by atoms with Gasteiger partial charge >= 0.3 is 6.09 Å². The summed E-state index contributed by atoms with van der Waals surface area (Å²) in [5.41, 5.74) is 1.52. The molecule has 2 aliphatic rings. The second-order valence-electron chi connectivity index (χ2n) is 11.2. The highest BCUT2D eigenvalue weighted by Crippen LogP contribution is 2.30. The molecule has 0 radical (unpaired) electrons. The Morgan fingerprint density at radius 3 is 2.49 bits per heavy atom. The maximum absolute atomic E-state index is 14.1.